The zero-order chi connectivity index (χ0) is 17.0. The van der Waals surface area contributed by atoms with Crippen LogP contribution in [0, 0.1) is 0 Å². The first kappa shape index (κ1) is 17.4. The van der Waals surface area contributed by atoms with Crippen molar-refractivity contribution in [3.8, 4) is 0 Å². The maximum Gasteiger partial charge on any atom is 0.360 e. The topological polar surface area (TPSA) is 60.7 Å². The SMILES string of the molecule is CCOP(=O)(OCC)C1=CNc2ccccc2SC1c1ccco1. The summed E-state index contributed by atoms with van der Waals surface area (Å²) in [5, 5.41) is 3.50. The third kappa shape index (κ3) is 3.47. The Morgan fingerprint density at radius 3 is 2.58 bits per heavy atom. The van der Waals surface area contributed by atoms with Crippen LogP contribution in [0.4, 0.5) is 5.69 Å². The van der Waals surface area contributed by atoms with Gasteiger partial charge in [-0.3, -0.25) is 4.57 Å². The predicted molar refractivity (Wildman–Crippen MR) is 96.3 cm³/mol. The highest BCUT2D eigenvalue weighted by atomic mass is 32.2. The van der Waals surface area contributed by atoms with Gasteiger partial charge in [0, 0.05) is 11.1 Å². The van der Waals surface area contributed by atoms with Gasteiger partial charge in [0.1, 0.15) is 11.0 Å². The van der Waals surface area contributed by atoms with Gasteiger partial charge in [0.05, 0.1) is 30.5 Å². The Hall–Kier alpha value is -1.46. The zero-order valence-corrected chi connectivity index (χ0v) is 15.3. The van der Waals surface area contributed by atoms with Crippen molar-refractivity contribution in [3.05, 3.63) is 59.9 Å². The van der Waals surface area contributed by atoms with Crippen molar-refractivity contribution in [3.63, 3.8) is 0 Å². The van der Waals surface area contributed by atoms with Gasteiger partial charge in [-0.15, -0.1) is 11.8 Å². The van der Waals surface area contributed by atoms with E-state index >= 15 is 0 Å². The van der Waals surface area contributed by atoms with Crippen molar-refractivity contribution in [1.82, 2.24) is 0 Å². The number of nitrogens with one attached hydrogen (secondary N) is 1. The molecule has 128 valence electrons. The first-order chi connectivity index (χ1) is 11.7. The van der Waals surface area contributed by atoms with E-state index in [4.69, 9.17) is 13.5 Å². The molecule has 0 saturated heterocycles. The second-order valence-electron chi connectivity index (χ2n) is 5.06. The molecule has 0 fully saturated rings. The molecule has 5 nitrogen and oxygen atoms in total. The van der Waals surface area contributed by atoms with E-state index in [2.05, 4.69) is 5.32 Å². The molecule has 0 radical (unpaired) electrons. The molecule has 0 spiro atoms. The fraction of sp³-hybridized carbons (Fsp3) is 0.294. The van der Waals surface area contributed by atoms with Crippen LogP contribution in [-0.4, -0.2) is 13.2 Å². The monoisotopic (exact) mass is 365 g/mol. The normalized spacial score (nSPS) is 17.6. The van der Waals surface area contributed by atoms with Crippen LogP contribution in [-0.2, 0) is 13.6 Å². The number of fused-ring (bicyclic) bond motifs is 1. The van der Waals surface area contributed by atoms with E-state index in [0.717, 1.165) is 10.6 Å². The maximum atomic E-state index is 13.4. The second-order valence-corrected chi connectivity index (χ2v) is 8.23. The lowest BCUT2D eigenvalue weighted by molar-refractivity contribution is 0.225. The van der Waals surface area contributed by atoms with Gasteiger partial charge in [-0.1, -0.05) is 12.1 Å². The van der Waals surface area contributed by atoms with Crippen molar-refractivity contribution in [2.75, 3.05) is 18.5 Å². The summed E-state index contributed by atoms with van der Waals surface area (Å²) in [6.45, 7) is 4.22. The Morgan fingerprint density at radius 1 is 1.17 bits per heavy atom. The highest BCUT2D eigenvalue weighted by Crippen LogP contribution is 2.64. The molecule has 3 rings (SSSR count). The van der Waals surface area contributed by atoms with E-state index in [1.165, 1.54) is 0 Å². The van der Waals surface area contributed by atoms with Crippen molar-refractivity contribution < 1.29 is 18.0 Å². The summed E-state index contributed by atoms with van der Waals surface area (Å²) >= 11 is 1.57. The Balaban J connectivity index is 2.07. The largest absolute Gasteiger partial charge is 0.468 e. The maximum absolute atomic E-state index is 13.4. The number of hydrogen-bond acceptors (Lipinski definition) is 6. The molecule has 1 atom stereocenters. The van der Waals surface area contributed by atoms with E-state index < -0.39 is 7.60 Å². The molecular formula is C17H20NO4PS. The Bertz CT molecular complexity index is 750. The van der Waals surface area contributed by atoms with Gasteiger partial charge >= 0.3 is 7.60 Å². The smallest absolute Gasteiger partial charge is 0.360 e. The van der Waals surface area contributed by atoms with Crippen LogP contribution in [0.2, 0.25) is 0 Å². The third-order valence-corrected chi connectivity index (χ3v) is 7.21. The number of rotatable bonds is 6. The molecule has 1 aliphatic heterocycles. The fourth-order valence-electron chi connectivity index (χ4n) is 2.50. The average Bonchev–Trinajstić information content (AvgIpc) is 3.02. The molecular weight excluding hydrogens is 345 g/mol. The van der Waals surface area contributed by atoms with Crippen LogP contribution in [0.25, 0.3) is 0 Å². The van der Waals surface area contributed by atoms with Gasteiger partial charge in [0.25, 0.3) is 0 Å². The van der Waals surface area contributed by atoms with Crippen molar-refractivity contribution in [1.29, 1.82) is 0 Å². The molecule has 0 aliphatic carbocycles. The number of benzene rings is 1. The lowest BCUT2D eigenvalue weighted by Gasteiger charge is -2.24. The molecule has 0 bridgehead atoms. The molecule has 1 aromatic heterocycles. The van der Waals surface area contributed by atoms with E-state index in [1.54, 1.807) is 38.1 Å². The number of para-hydroxylation sites is 1. The third-order valence-electron chi connectivity index (χ3n) is 3.49. The lowest BCUT2D eigenvalue weighted by atomic mass is 10.3. The zero-order valence-electron chi connectivity index (χ0n) is 13.6. The van der Waals surface area contributed by atoms with Gasteiger partial charge in [-0.2, -0.15) is 0 Å². The minimum absolute atomic E-state index is 0.292. The average molecular weight is 365 g/mol. The highest BCUT2D eigenvalue weighted by molar-refractivity contribution is 8.00. The molecule has 1 aliphatic rings. The molecule has 2 heterocycles. The van der Waals surface area contributed by atoms with E-state index in [0.29, 0.717) is 24.3 Å². The first-order valence-electron chi connectivity index (χ1n) is 7.83. The lowest BCUT2D eigenvalue weighted by Crippen LogP contribution is -2.05. The Morgan fingerprint density at radius 2 is 1.92 bits per heavy atom. The summed E-state index contributed by atoms with van der Waals surface area (Å²) in [6.07, 6.45) is 3.35. The minimum Gasteiger partial charge on any atom is -0.468 e. The molecule has 1 unspecified atom stereocenters. The van der Waals surface area contributed by atoms with Gasteiger partial charge in [0.15, 0.2) is 0 Å². The predicted octanol–water partition coefficient (Wildman–Crippen LogP) is 5.65. The number of anilines is 1. The van der Waals surface area contributed by atoms with Gasteiger partial charge in [0.2, 0.25) is 0 Å². The van der Waals surface area contributed by atoms with Gasteiger partial charge in [-0.05, 0) is 38.1 Å². The Kier molecular flexibility index (Phi) is 5.51. The van der Waals surface area contributed by atoms with Crippen LogP contribution >= 0.6 is 19.4 Å². The molecule has 2 aromatic rings. The summed E-state index contributed by atoms with van der Waals surface area (Å²) in [5.74, 6) is 0.712. The van der Waals surface area contributed by atoms with Crippen LogP contribution in [0.5, 0.6) is 0 Å². The quantitative estimate of drug-likeness (QED) is 0.668. The minimum atomic E-state index is -3.43. The van der Waals surface area contributed by atoms with Gasteiger partial charge in [-0.25, -0.2) is 0 Å². The summed E-state index contributed by atoms with van der Waals surface area (Å²) in [6, 6.07) is 11.6. The van der Waals surface area contributed by atoms with E-state index in [-0.39, 0.29) is 5.25 Å². The standard InChI is InChI=1S/C17H20NO4PS/c1-3-21-23(19,22-4-2)15-12-18-13-8-5-6-10-16(13)24-17(15)14-9-7-11-20-14/h5-12,17-18H,3-4H2,1-2H3. The number of thioether (sulfide) groups is 1. The fourth-order valence-corrected chi connectivity index (χ4v) is 5.84. The Labute approximate surface area is 146 Å². The molecule has 1 aromatic carbocycles. The molecule has 0 amide bonds. The molecule has 1 N–H and O–H groups in total. The summed E-state index contributed by atoms with van der Waals surface area (Å²) in [7, 11) is -3.43. The van der Waals surface area contributed by atoms with Crippen molar-refractivity contribution in [2.24, 2.45) is 0 Å². The van der Waals surface area contributed by atoms with E-state index in [1.807, 2.05) is 36.4 Å². The summed E-state index contributed by atoms with van der Waals surface area (Å²) in [4.78, 5) is 1.05. The molecule has 7 heteroatoms. The summed E-state index contributed by atoms with van der Waals surface area (Å²) < 4.78 is 30.1. The molecule has 24 heavy (non-hydrogen) atoms. The first-order valence-corrected chi connectivity index (χ1v) is 10.3. The van der Waals surface area contributed by atoms with Gasteiger partial charge < -0.3 is 18.8 Å². The number of furan rings is 1. The summed E-state index contributed by atoms with van der Waals surface area (Å²) in [5.41, 5.74) is 0.952. The highest BCUT2D eigenvalue weighted by Gasteiger charge is 2.39. The second kappa shape index (κ2) is 7.62. The van der Waals surface area contributed by atoms with Crippen LogP contribution in [0.3, 0.4) is 0 Å². The van der Waals surface area contributed by atoms with E-state index in [9.17, 15) is 4.57 Å². The van der Waals surface area contributed by atoms with Crippen LogP contribution in [0.1, 0.15) is 24.9 Å². The van der Waals surface area contributed by atoms with Crippen LogP contribution in [0.15, 0.2) is 63.5 Å². The van der Waals surface area contributed by atoms with Crippen LogP contribution < -0.4 is 5.32 Å². The van der Waals surface area contributed by atoms with Crippen molar-refractivity contribution in [2.45, 2.75) is 24.0 Å². The molecule has 0 saturated carbocycles. The van der Waals surface area contributed by atoms with Crippen molar-refractivity contribution >= 4 is 25.0 Å². The number of hydrogen-bond donors (Lipinski definition) is 1.